The third kappa shape index (κ3) is 7.09. The Bertz CT molecular complexity index is 1160. The molecule has 0 amide bonds. The van der Waals surface area contributed by atoms with E-state index >= 15 is 0 Å². The average molecular weight is 493 g/mol. The first-order valence-corrected chi connectivity index (χ1v) is 12.5. The van der Waals surface area contributed by atoms with E-state index in [2.05, 4.69) is 27.7 Å². The molecule has 0 aromatic heterocycles. The van der Waals surface area contributed by atoms with Crippen molar-refractivity contribution in [3.63, 3.8) is 0 Å². The number of carbonyl (C=O) groups is 1. The lowest BCUT2D eigenvalue weighted by molar-refractivity contribution is -0.137. The Balaban J connectivity index is 1.82. The number of hydrogen-bond acceptors (Lipinski definition) is 3. The molecule has 4 nitrogen and oxygen atoms in total. The molecule has 0 spiro atoms. The van der Waals surface area contributed by atoms with Gasteiger partial charge in [-0.2, -0.15) is 0 Å². The van der Waals surface area contributed by atoms with Crippen LogP contribution in [0, 0.1) is 5.82 Å². The van der Waals surface area contributed by atoms with Crippen molar-refractivity contribution >= 4 is 5.97 Å². The van der Waals surface area contributed by atoms with Gasteiger partial charge in [0.05, 0.1) is 13.5 Å². The molecular formula is C31H37FO4. The highest BCUT2D eigenvalue weighted by molar-refractivity contribution is 5.71. The van der Waals surface area contributed by atoms with Crippen LogP contribution in [0.15, 0.2) is 60.7 Å². The molecule has 0 aliphatic carbocycles. The minimum atomic E-state index is -0.779. The molecule has 3 aromatic rings. The van der Waals surface area contributed by atoms with E-state index in [1.165, 1.54) is 6.07 Å². The highest BCUT2D eigenvalue weighted by Gasteiger charge is 2.21. The van der Waals surface area contributed by atoms with Crippen LogP contribution in [0.3, 0.4) is 0 Å². The van der Waals surface area contributed by atoms with Crippen LogP contribution < -0.4 is 9.47 Å². The summed E-state index contributed by atoms with van der Waals surface area (Å²) in [6.07, 6.45) is 3.01. The van der Waals surface area contributed by atoms with Gasteiger partial charge in [-0.25, -0.2) is 4.39 Å². The fourth-order valence-electron chi connectivity index (χ4n) is 4.45. The molecule has 0 aliphatic heterocycles. The maximum Gasteiger partial charge on any atom is 0.303 e. The molecule has 0 saturated carbocycles. The fourth-order valence-corrected chi connectivity index (χ4v) is 4.45. The minimum absolute atomic E-state index is 0.00163. The van der Waals surface area contributed by atoms with Crippen LogP contribution in [0.25, 0.3) is 11.1 Å². The number of carboxylic acids is 1. The summed E-state index contributed by atoms with van der Waals surface area (Å²) in [6, 6.07) is 18.5. The normalized spacial score (nSPS) is 12.3. The number of halogens is 1. The first kappa shape index (κ1) is 27.3. The van der Waals surface area contributed by atoms with Crippen LogP contribution in [-0.4, -0.2) is 18.2 Å². The fraction of sp³-hybridized carbons (Fsp3) is 0.387. The monoisotopic (exact) mass is 492 g/mol. The van der Waals surface area contributed by atoms with E-state index < -0.39 is 5.97 Å². The predicted octanol–water partition coefficient (Wildman–Crippen LogP) is 8.13. The van der Waals surface area contributed by atoms with Crippen molar-refractivity contribution in [1.29, 1.82) is 0 Å². The van der Waals surface area contributed by atoms with Crippen LogP contribution in [0.2, 0.25) is 0 Å². The maximum absolute atomic E-state index is 14.9. The van der Waals surface area contributed by atoms with Crippen molar-refractivity contribution in [1.82, 2.24) is 0 Å². The van der Waals surface area contributed by atoms with Crippen LogP contribution in [-0.2, 0) is 16.8 Å². The number of hydrogen-bond donors (Lipinski definition) is 1. The molecule has 192 valence electrons. The Morgan fingerprint density at radius 1 is 0.972 bits per heavy atom. The molecule has 0 heterocycles. The van der Waals surface area contributed by atoms with E-state index in [-0.39, 0.29) is 23.6 Å². The van der Waals surface area contributed by atoms with Gasteiger partial charge in [0.1, 0.15) is 23.9 Å². The second-order valence-electron chi connectivity index (χ2n) is 10.3. The number of aliphatic carboxylic acids is 1. The van der Waals surface area contributed by atoms with E-state index in [9.17, 15) is 14.3 Å². The van der Waals surface area contributed by atoms with Gasteiger partial charge in [-0.15, -0.1) is 0 Å². The van der Waals surface area contributed by atoms with Crippen molar-refractivity contribution in [3.05, 3.63) is 83.2 Å². The van der Waals surface area contributed by atoms with E-state index in [0.717, 1.165) is 41.5 Å². The molecule has 1 atom stereocenters. The lowest BCUT2D eigenvalue weighted by atomic mass is 9.81. The molecule has 1 N–H and O–H groups in total. The Labute approximate surface area is 214 Å². The summed E-state index contributed by atoms with van der Waals surface area (Å²) in [4.78, 5) is 11.3. The lowest BCUT2D eigenvalue weighted by Crippen LogP contribution is -2.13. The number of benzene rings is 3. The first-order valence-electron chi connectivity index (χ1n) is 12.5. The molecule has 0 unspecified atom stereocenters. The standard InChI is InChI=1S/C31H37FO4/c1-6-7-8-23(18-30(33)34)22-10-12-24(13-11-22)36-20-21-9-15-28(31(2,3)4)26(17-21)27-19-25(35-5)14-16-29(27)32/h9-17,19,23H,6-8,18,20H2,1-5H3,(H,33,34)/t23-/m1/s1. The molecular weight excluding hydrogens is 455 g/mol. The van der Waals surface area contributed by atoms with Gasteiger partial charge in [0.2, 0.25) is 0 Å². The van der Waals surface area contributed by atoms with Gasteiger partial charge in [-0.3, -0.25) is 4.79 Å². The van der Waals surface area contributed by atoms with Gasteiger partial charge in [0.25, 0.3) is 0 Å². The molecule has 3 aromatic carbocycles. The maximum atomic E-state index is 14.9. The molecule has 0 fully saturated rings. The summed E-state index contributed by atoms with van der Waals surface area (Å²) < 4.78 is 26.3. The second-order valence-corrected chi connectivity index (χ2v) is 10.3. The third-order valence-electron chi connectivity index (χ3n) is 6.44. The zero-order valence-corrected chi connectivity index (χ0v) is 21.9. The second kappa shape index (κ2) is 12.1. The lowest BCUT2D eigenvalue weighted by Gasteiger charge is -2.24. The molecule has 36 heavy (non-hydrogen) atoms. The van der Waals surface area contributed by atoms with Crippen molar-refractivity contribution in [2.45, 2.75) is 71.3 Å². The molecule has 0 aliphatic rings. The van der Waals surface area contributed by atoms with Crippen molar-refractivity contribution < 1.29 is 23.8 Å². The van der Waals surface area contributed by atoms with Crippen molar-refractivity contribution in [2.24, 2.45) is 0 Å². The Hall–Kier alpha value is -3.34. The number of rotatable bonds is 11. The number of methoxy groups -OCH3 is 1. The predicted molar refractivity (Wildman–Crippen MR) is 142 cm³/mol. The van der Waals surface area contributed by atoms with Gasteiger partial charge in [-0.1, -0.05) is 64.8 Å². The zero-order valence-electron chi connectivity index (χ0n) is 21.9. The molecule has 0 saturated heterocycles. The topological polar surface area (TPSA) is 55.8 Å². The summed E-state index contributed by atoms with van der Waals surface area (Å²) in [7, 11) is 1.57. The van der Waals surface area contributed by atoms with Crippen LogP contribution in [0.1, 0.15) is 76.0 Å². The van der Waals surface area contributed by atoms with Gasteiger partial charge >= 0.3 is 5.97 Å². The summed E-state index contributed by atoms with van der Waals surface area (Å²) in [5, 5.41) is 9.28. The van der Waals surface area contributed by atoms with Crippen molar-refractivity contribution in [2.75, 3.05) is 7.11 Å². The average Bonchev–Trinajstić information content (AvgIpc) is 2.85. The summed E-state index contributed by atoms with van der Waals surface area (Å²) in [5.41, 5.74) is 4.13. The summed E-state index contributed by atoms with van der Waals surface area (Å²) >= 11 is 0. The molecule has 3 rings (SSSR count). The smallest absolute Gasteiger partial charge is 0.303 e. The molecule has 0 bridgehead atoms. The number of unbranched alkanes of at least 4 members (excludes halogenated alkanes) is 1. The Kier molecular flexibility index (Phi) is 9.14. The van der Waals surface area contributed by atoms with Gasteiger partial charge in [0.15, 0.2) is 0 Å². The van der Waals surface area contributed by atoms with E-state index in [0.29, 0.717) is 23.7 Å². The van der Waals surface area contributed by atoms with Crippen LogP contribution >= 0.6 is 0 Å². The molecule has 0 radical (unpaired) electrons. The Morgan fingerprint density at radius 3 is 2.28 bits per heavy atom. The largest absolute Gasteiger partial charge is 0.497 e. The number of ether oxygens (including phenoxy) is 2. The first-order chi connectivity index (χ1) is 17.1. The van der Waals surface area contributed by atoms with Gasteiger partial charge in [-0.05, 0) is 76.4 Å². The summed E-state index contributed by atoms with van der Waals surface area (Å²) in [5.74, 6) is 0.236. The van der Waals surface area contributed by atoms with E-state index in [1.54, 1.807) is 19.2 Å². The highest BCUT2D eigenvalue weighted by Crippen LogP contribution is 2.37. The third-order valence-corrected chi connectivity index (χ3v) is 6.44. The van der Waals surface area contributed by atoms with E-state index in [4.69, 9.17) is 9.47 Å². The summed E-state index contributed by atoms with van der Waals surface area (Å²) in [6.45, 7) is 8.77. The van der Waals surface area contributed by atoms with Crippen LogP contribution in [0.4, 0.5) is 4.39 Å². The Morgan fingerprint density at radius 2 is 1.67 bits per heavy atom. The quantitative estimate of drug-likeness (QED) is 0.294. The van der Waals surface area contributed by atoms with E-state index in [1.807, 2.05) is 42.5 Å². The van der Waals surface area contributed by atoms with Crippen LogP contribution in [0.5, 0.6) is 11.5 Å². The van der Waals surface area contributed by atoms with Gasteiger partial charge < -0.3 is 14.6 Å². The zero-order chi connectivity index (χ0) is 26.3. The minimum Gasteiger partial charge on any atom is -0.497 e. The van der Waals surface area contributed by atoms with Gasteiger partial charge in [0, 0.05) is 5.56 Å². The molecule has 5 heteroatoms. The SMILES string of the molecule is CCCC[C@H](CC(=O)O)c1ccc(OCc2ccc(C(C)(C)C)c(-c3cc(OC)ccc3F)c2)cc1. The highest BCUT2D eigenvalue weighted by atomic mass is 19.1. The van der Waals surface area contributed by atoms with Crippen molar-refractivity contribution in [3.8, 4) is 22.6 Å². The number of carboxylic acid groups (broad SMARTS) is 1.